The fraction of sp³-hybridized carbons (Fsp3) is 0.292. The van der Waals surface area contributed by atoms with Crippen LogP contribution in [0, 0.1) is 11.8 Å². The van der Waals surface area contributed by atoms with Gasteiger partial charge in [0, 0.05) is 30.8 Å². The summed E-state index contributed by atoms with van der Waals surface area (Å²) < 4.78 is 0. The van der Waals surface area contributed by atoms with E-state index in [0.29, 0.717) is 16.7 Å². The summed E-state index contributed by atoms with van der Waals surface area (Å²) in [6, 6.07) is 13.2. The average Bonchev–Trinajstić information content (AvgIpc) is 2.85. The Balaban J connectivity index is 2.20. The maximum atomic E-state index is 12.9. The lowest BCUT2D eigenvalue weighted by Gasteiger charge is -2.35. The number of hydrogen-bond acceptors (Lipinski definition) is 6. The molecule has 0 bridgehead atoms. The molecule has 0 saturated carbocycles. The monoisotopic (exact) mass is 438 g/mol. The third kappa shape index (κ3) is 5.21. The highest BCUT2D eigenvalue weighted by Gasteiger charge is 2.46. The Kier molecular flexibility index (Phi) is 8.27. The first-order valence-corrected chi connectivity index (χ1v) is 9.84. The number of aliphatic hydroxyl groups excluding tert-OH is 3. The van der Waals surface area contributed by atoms with E-state index in [1.54, 1.807) is 36.4 Å². The number of ketones is 1. The van der Waals surface area contributed by atoms with Crippen LogP contribution < -0.4 is 5.32 Å². The first kappa shape index (κ1) is 24.8. The summed E-state index contributed by atoms with van der Waals surface area (Å²) in [5.41, 5.74) is 0.344. The number of benzene rings is 2. The van der Waals surface area contributed by atoms with E-state index >= 15 is 0 Å². The Hall–Kier alpha value is -3.51. The second kappa shape index (κ2) is 10.7. The van der Waals surface area contributed by atoms with Crippen molar-refractivity contribution in [1.82, 2.24) is 10.2 Å². The van der Waals surface area contributed by atoms with Crippen molar-refractivity contribution in [3.05, 3.63) is 70.8 Å². The largest absolute Gasteiger partial charge is 0.393 e. The molecule has 2 atom stereocenters. The molecule has 2 rings (SSSR count). The quantitative estimate of drug-likeness (QED) is 0.363. The van der Waals surface area contributed by atoms with Crippen molar-refractivity contribution in [2.75, 3.05) is 27.3 Å². The lowest BCUT2D eigenvalue weighted by molar-refractivity contribution is -0.143. The molecule has 168 valence electrons. The van der Waals surface area contributed by atoms with Crippen LogP contribution in [0.5, 0.6) is 0 Å². The fourth-order valence-electron chi connectivity index (χ4n) is 2.99. The van der Waals surface area contributed by atoms with Crippen LogP contribution in [0.3, 0.4) is 0 Å². The zero-order chi connectivity index (χ0) is 23.9. The highest BCUT2D eigenvalue weighted by atomic mass is 16.3. The van der Waals surface area contributed by atoms with Crippen LogP contribution in [-0.4, -0.2) is 70.7 Å². The first-order valence-electron chi connectivity index (χ1n) is 9.84. The minimum Gasteiger partial charge on any atom is -0.393 e. The molecule has 0 aliphatic heterocycles. The number of rotatable bonds is 7. The van der Waals surface area contributed by atoms with Gasteiger partial charge in [0.1, 0.15) is 12.7 Å². The van der Waals surface area contributed by atoms with Crippen molar-refractivity contribution in [2.24, 2.45) is 0 Å². The molecule has 0 aromatic heterocycles. The Morgan fingerprint density at radius 2 is 1.50 bits per heavy atom. The summed E-state index contributed by atoms with van der Waals surface area (Å²) in [5, 5.41) is 30.2. The summed E-state index contributed by atoms with van der Waals surface area (Å²) in [6.07, 6.45) is -0.932. The van der Waals surface area contributed by atoms with Crippen molar-refractivity contribution in [3.63, 3.8) is 0 Å². The number of hydrogen-bond donors (Lipinski definition) is 4. The van der Waals surface area contributed by atoms with Gasteiger partial charge in [0.05, 0.1) is 6.61 Å². The van der Waals surface area contributed by atoms with Gasteiger partial charge in [-0.1, -0.05) is 24.0 Å². The zero-order valence-corrected chi connectivity index (χ0v) is 18.1. The van der Waals surface area contributed by atoms with Crippen LogP contribution >= 0.6 is 0 Å². The van der Waals surface area contributed by atoms with E-state index in [-0.39, 0.29) is 12.2 Å². The number of nitrogens with zero attached hydrogens (tertiary/aromatic N) is 1. The molecule has 2 amide bonds. The molecule has 32 heavy (non-hydrogen) atoms. The van der Waals surface area contributed by atoms with Crippen LogP contribution in [0.1, 0.15) is 40.1 Å². The third-order valence-electron chi connectivity index (χ3n) is 5.28. The molecule has 0 unspecified atom stereocenters. The van der Waals surface area contributed by atoms with Crippen LogP contribution in [-0.2, 0) is 9.59 Å². The Morgan fingerprint density at radius 3 is 1.94 bits per heavy atom. The Labute approximate surface area is 186 Å². The number of aliphatic hydroxyl groups is 3. The van der Waals surface area contributed by atoms with Gasteiger partial charge in [-0.25, -0.2) is 0 Å². The van der Waals surface area contributed by atoms with Crippen LogP contribution in [0.15, 0.2) is 48.5 Å². The van der Waals surface area contributed by atoms with Gasteiger partial charge in [0.15, 0.2) is 11.3 Å². The van der Waals surface area contributed by atoms with Gasteiger partial charge in [-0.3, -0.25) is 14.4 Å². The van der Waals surface area contributed by atoms with E-state index in [1.807, 2.05) is 0 Å². The van der Waals surface area contributed by atoms with E-state index in [1.165, 1.54) is 33.2 Å². The highest BCUT2D eigenvalue weighted by Crippen LogP contribution is 2.19. The van der Waals surface area contributed by atoms with Gasteiger partial charge in [-0.2, -0.15) is 0 Å². The number of carbonyl (C=O) groups excluding carboxylic acids is 3. The molecule has 0 heterocycles. The predicted molar refractivity (Wildman–Crippen MR) is 118 cm³/mol. The fourth-order valence-corrected chi connectivity index (χ4v) is 2.99. The molecular formula is C24H26N2O6. The van der Waals surface area contributed by atoms with E-state index in [2.05, 4.69) is 17.2 Å². The lowest BCUT2D eigenvalue weighted by Crippen LogP contribution is -2.62. The molecule has 0 aliphatic carbocycles. The van der Waals surface area contributed by atoms with E-state index < -0.39 is 35.8 Å². The molecule has 2 aromatic carbocycles. The second-order valence-electron chi connectivity index (χ2n) is 7.24. The van der Waals surface area contributed by atoms with Crippen LogP contribution in [0.4, 0.5) is 0 Å². The van der Waals surface area contributed by atoms with Gasteiger partial charge in [-0.15, -0.1) is 0 Å². The third-order valence-corrected chi connectivity index (χ3v) is 5.28. The Morgan fingerprint density at radius 1 is 1.00 bits per heavy atom. The molecule has 2 aromatic rings. The van der Waals surface area contributed by atoms with Gasteiger partial charge in [0.2, 0.25) is 0 Å². The standard InChI is InChI=1S/C24H26N2O6/c1-24(21(30)15-28,23(32)25-2)26(3)22(31)19-12-8-17(9-13-19)5-4-16-6-10-18(11-7-16)20(29)14-27/h6-13,20,27-29H,14-15H2,1-3H3,(H,25,32)/t20-,24-/m1/s1. The lowest BCUT2D eigenvalue weighted by atomic mass is 9.92. The van der Waals surface area contributed by atoms with Crippen molar-refractivity contribution >= 4 is 17.6 Å². The summed E-state index contributed by atoms with van der Waals surface area (Å²) in [5.74, 6) is 3.88. The van der Waals surface area contributed by atoms with Gasteiger partial charge in [-0.05, 0) is 48.9 Å². The summed E-state index contributed by atoms with van der Waals surface area (Å²) in [4.78, 5) is 38.4. The van der Waals surface area contributed by atoms with E-state index in [4.69, 9.17) is 5.11 Å². The molecule has 0 saturated heterocycles. The van der Waals surface area contributed by atoms with Crippen molar-refractivity contribution in [3.8, 4) is 11.8 Å². The van der Waals surface area contributed by atoms with E-state index in [9.17, 15) is 24.6 Å². The molecule has 0 fully saturated rings. The normalized spacial score (nSPS) is 13.2. The zero-order valence-electron chi connectivity index (χ0n) is 18.1. The summed E-state index contributed by atoms with van der Waals surface area (Å²) in [7, 11) is 2.68. The van der Waals surface area contributed by atoms with Gasteiger partial charge >= 0.3 is 0 Å². The summed E-state index contributed by atoms with van der Waals surface area (Å²) >= 11 is 0. The minimum absolute atomic E-state index is 0.251. The van der Waals surface area contributed by atoms with E-state index in [0.717, 1.165) is 4.90 Å². The number of Topliss-reactive ketones (excluding diaryl/α,β-unsaturated/α-hetero) is 1. The molecule has 8 nitrogen and oxygen atoms in total. The number of nitrogens with one attached hydrogen (secondary N) is 1. The maximum Gasteiger partial charge on any atom is 0.254 e. The topological polar surface area (TPSA) is 127 Å². The molecule has 4 N–H and O–H groups in total. The minimum atomic E-state index is -1.85. The average molecular weight is 438 g/mol. The second-order valence-corrected chi connectivity index (χ2v) is 7.24. The maximum absolute atomic E-state index is 12.9. The van der Waals surface area contributed by atoms with Crippen LogP contribution in [0.2, 0.25) is 0 Å². The van der Waals surface area contributed by atoms with Gasteiger partial charge < -0.3 is 25.5 Å². The van der Waals surface area contributed by atoms with Crippen LogP contribution in [0.25, 0.3) is 0 Å². The van der Waals surface area contributed by atoms with Crippen molar-refractivity contribution < 1.29 is 29.7 Å². The Bertz CT molecular complexity index is 1020. The van der Waals surface area contributed by atoms with Crippen molar-refractivity contribution in [2.45, 2.75) is 18.6 Å². The molecular weight excluding hydrogens is 412 g/mol. The molecule has 0 spiro atoms. The SMILES string of the molecule is CNC(=O)[C@@](C)(C(=O)CO)N(C)C(=O)c1ccc(C#Cc2ccc([C@H](O)CO)cc2)cc1. The number of likely N-dealkylation sites (N-methyl/N-ethyl adjacent to an activating group) is 2. The number of amides is 2. The van der Waals surface area contributed by atoms with Gasteiger partial charge in [0.25, 0.3) is 11.8 Å². The smallest absolute Gasteiger partial charge is 0.254 e. The molecule has 8 heteroatoms. The molecule has 0 aliphatic rings. The van der Waals surface area contributed by atoms with Crippen molar-refractivity contribution in [1.29, 1.82) is 0 Å². The summed E-state index contributed by atoms with van der Waals surface area (Å²) in [6.45, 7) is 0.0463. The first-order chi connectivity index (χ1) is 15.2. The number of carbonyl (C=O) groups is 3. The predicted octanol–water partition coefficient (Wildman–Crippen LogP) is 0.250. The highest BCUT2D eigenvalue weighted by molar-refractivity contribution is 6.14. The molecule has 0 radical (unpaired) electrons.